The fourth-order valence-corrected chi connectivity index (χ4v) is 7.43. The average molecular weight is 589 g/mol. The Morgan fingerprint density at radius 1 is 1.21 bits per heavy atom. The topological polar surface area (TPSA) is 124 Å². The molecule has 2 saturated heterocycles. The third-order valence-electron chi connectivity index (χ3n) is 9.49. The number of nitriles is 1. The highest BCUT2D eigenvalue weighted by atomic mass is 16.6. The summed E-state index contributed by atoms with van der Waals surface area (Å²) in [4.78, 5) is 27.0. The van der Waals surface area contributed by atoms with Crippen LogP contribution in [0.15, 0.2) is 18.2 Å². The number of nitrogens with zero attached hydrogens (tertiary/aromatic N) is 5. The van der Waals surface area contributed by atoms with Gasteiger partial charge in [0.2, 0.25) is 0 Å². The van der Waals surface area contributed by atoms with E-state index in [2.05, 4.69) is 22.4 Å². The smallest absolute Gasteiger partial charge is 0.410 e. The van der Waals surface area contributed by atoms with Crippen LogP contribution in [0.1, 0.15) is 81.7 Å². The number of nitrogens with one attached hydrogen (secondary N) is 1. The van der Waals surface area contributed by atoms with Gasteiger partial charge < -0.3 is 29.7 Å². The van der Waals surface area contributed by atoms with Crippen LogP contribution in [-0.2, 0) is 29.4 Å². The lowest BCUT2D eigenvalue weighted by molar-refractivity contribution is 0.0144. The Kier molecular flexibility index (Phi) is 8.12. The Morgan fingerprint density at radius 3 is 2.84 bits per heavy atom. The van der Waals surface area contributed by atoms with E-state index in [-0.39, 0.29) is 24.0 Å². The van der Waals surface area contributed by atoms with Crippen molar-refractivity contribution >= 4 is 11.9 Å². The molecule has 230 valence electrons. The lowest BCUT2D eigenvalue weighted by atomic mass is 9.62. The summed E-state index contributed by atoms with van der Waals surface area (Å²) in [6.45, 7) is 8.60. The summed E-state index contributed by atoms with van der Waals surface area (Å²) in [5.74, 6) is 1.17. The first kappa shape index (κ1) is 29.5. The number of phenolic OH excluding ortho intramolecular Hbond substituents is 1. The van der Waals surface area contributed by atoms with Crippen LogP contribution in [0, 0.1) is 11.3 Å². The normalized spacial score (nSPS) is 25.2. The maximum Gasteiger partial charge on any atom is 0.410 e. The van der Waals surface area contributed by atoms with E-state index in [1.54, 1.807) is 11.0 Å². The molecule has 2 fully saturated rings. The van der Waals surface area contributed by atoms with Gasteiger partial charge in [-0.05, 0) is 102 Å². The highest BCUT2D eigenvalue weighted by Crippen LogP contribution is 2.48. The van der Waals surface area contributed by atoms with E-state index in [0.29, 0.717) is 44.0 Å². The standard InChI is InChI=1S/C33H44N6O4/c1-32(2,3)43-31(41)39-17-16-38(20-24(39)11-14-34)29-26-10-13-33(12-4-6-22-8-9-25(40)18-27(22)33)19-28(26)36-30(37-29)42-21-23-7-5-15-35-23/h8-9,18,23-24,35,40H,4-7,10-13,15-17,19-21H2,1-3H3/t23-,24-,33?/m0/s1. The molecule has 1 amide bonds. The van der Waals surface area contributed by atoms with Gasteiger partial charge in [0, 0.05) is 36.7 Å². The summed E-state index contributed by atoms with van der Waals surface area (Å²) in [5, 5.41) is 23.5. The summed E-state index contributed by atoms with van der Waals surface area (Å²) in [6.07, 6.45) is 7.79. The highest BCUT2D eigenvalue weighted by Gasteiger charge is 2.43. The Hall–Kier alpha value is -3.58. The summed E-state index contributed by atoms with van der Waals surface area (Å²) in [6, 6.07) is 8.48. The van der Waals surface area contributed by atoms with Crippen LogP contribution in [0.4, 0.5) is 10.6 Å². The number of aryl methyl sites for hydroxylation is 1. The van der Waals surface area contributed by atoms with Crippen LogP contribution >= 0.6 is 0 Å². The zero-order chi connectivity index (χ0) is 30.2. The first-order valence-electron chi connectivity index (χ1n) is 15.8. The molecule has 43 heavy (non-hydrogen) atoms. The van der Waals surface area contributed by atoms with Crippen molar-refractivity contribution in [2.45, 2.75) is 102 Å². The molecule has 10 heteroatoms. The van der Waals surface area contributed by atoms with Gasteiger partial charge in [0.05, 0.1) is 24.2 Å². The first-order chi connectivity index (χ1) is 20.6. The van der Waals surface area contributed by atoms with Crippen LogP contribution < -0.4 is 15.0 Å². The predicted octanol–water partition coefficient (Wildman–Crippen LogP) is 4.42. The van der Waals surface area contributed by atoms with Gasteiger partial charge in [0.25, 0.3) is 0 Å². The molecule has 6 rings (SSSR count). The number of benzene rings is 1. The summed E-state index contributed by atoms with van der Waals surface area (Å²) < 4.78 is 11.9. The number of hydrogen-bond donors (Lipinski definition) is 2. The predicted molar refractivity (Wildman–Crippen MR) is 162 cm³/mol. The minimum Gasteiger partial charge on any atom is -0.508 e. The van der Waals surface area contributed by atoms with Crippen molar-refractivity contribution in [1.29, 1.82) is 5.26 Å². The lowest BCUT2D eigenvalue weighted by Crippen LogP contribution is -2.56. The molecule has 1 spiro atoms. The molecule has 2 aliphatic heterocycles. The fraction of sp³-hybridized carbons (Fsp3) is 0.636. The van der Waals surface area contributed by atoms with Gasteiger partial charge in [-0.25, -0.2) is 4.79 Å². The molecular formula is C33H44N6O4. The van der Waals surface area contributed by atoms with Crippen LogP contribution in [0.5, 0.6) is 11.8 Å². The molecule has 1 unspecified atom stereocenters. The first-order valence-corrected chi connectivity index (χ1v) is 15.8. The van der Waals surface area contributed by atoms with E-state index < -0.39 is 5.60 Å². The molecule has 2 aliphatic carbocycles. The minimum absolute atomic E-state index is 0.0754. The zero-order valence-corrected chi connectivity index (χ0v) is 25.7. The summed E-state index contributed by atoms with van der Waals surface area (Å²) >= 11 is 0. The fourth-order valence-electron chi connectivity index (χ4n) is 7.43. The Bertz CT molecular complexity index is 1390. The number of aromatic nitrogens is 2. The monoisotopic (exact) mass is 588 g/mol. The van der Waals surface area contributed by atoms with Crippen molar-refractivity contribution in [1.82, 2.24) is 20.2 Å². The molecule has 1 aromatic carbocycles. The van der Waals surface area contributed by atoms with Gasteiger partial charge in [0.15, 0.2) is 0 Å². The number of phenols is 1. The van der Waals surface area contributed by atoms with Crippen molar-refractivity contribution < 1.29 is 19.4 Å². The summed E-state index contributed by atoms with van der Waals surface area (Å²) in [7, 11) is 0. The van der Waals surface area contributed by atoms with Crippen LogP contribution in [0.2, 0.25) is 0 Å². The second kappa shape index (κ2) is 11.8. The summed E-state index contributed by atoms with van der Waals surface area (Å²) in [5.41, 5.74) is 4.03. The quantitative estimate of drug-likeness (QED) is 0.523. The number of fused-ring (bicyclic) bond motifs is 3. The van der Waals surface area contributed by atoms with Crippen molar-refractivity contribution in [3.05, 3.63) is 40.6 Å². The average Bonchev–Trinajstić information content (AvgIpc) is 3.49. The number of carbonyl (C=O) groups excluding carboxylic acids is 1. The van der Waals surface area contributed by atoms with Crippen molar-refractivity contribution in [3.63, 3.8) is 0 Å². The van der Waals surface area contributed by atoms with Gasteiger partial charge >= 0.3 is 12.1 Å². The highest BCUT2D eigenvalue weighted by molar-refractivity contribution is 5.69. The minimum atomic E-state index is -0.609. The van der Waals surface area contributed by atoms with Gasteiger partial charge in [0.1, 0.15) is 23.8 Å². The van der Waals surface area contributed by atoms with E-state index in [1.807, 2.05) is 26.8 Å². The van der Waals surface area contributed by atoms with Gasteiger partial charge in [-0.1, -0.05) is 6.07 Å². The number of piperazine rings is 1. The molecule has 0 radical (unpaired) electrons. The molecule has 0 bridgehead atoms. The Balaban J connectivity index is 1.32. The molecule has 0 saturated carbocycles. The van der Waals surface area contributed by atoms with Gasteiger partial charge in [-0.15, -0.1) is 0 Å². The van der Waals surface area contributed by atoms with E-state index in [0.717, 1.165) is 75.0 Å². The van der Waals surface area contributed by atoms with Crippen LogP contribution in [0.3, 0.4) is 0 Å². The van der Waals surface area contributed by atoms with Crippen molar-refractivity contribution in [2.24, 2.45) is 0 Å². The van der Waals surface area contributed by atoms with E-state index in [1.165, 1.54) is 11.1 Å². The van der Waals surface area contributed by atoms with Gasteiger partial charge in [-0.2, -0.15) is 15.2 Å². The van der Waals surface area contributed by atoms with Crippen molar-refractivity contribution in [2.75, 3.05) is 37.7 Å². The van der Waals surface area contributed by atoms with Crippen molar-refractivity contribution in [3.8, 4) is 17.8 Å². The molecule has 3 heterocycles. The number of carbonyl (C=O) groups is 1. The lowest BCUT2D eigenvalue weighted by Gasteiger charge is -2.45. The number of anilines is 1. The number of ether oxygens (including phenoxy) is 2. The number of hydrogen-bond acceptors (Lipinski definition) is 9. The third kappa shape index (κ3) is 6.23. The van der Waals surface area contributed by atoms with Gasteiger partial charge in [-0.3, -0.25) is 0 Å². The number of aromatic hydroxyl groups is 1. The molecule has 1 aromatic heterocycles. The van der Waals surface area contributed by atoms with Crippen LogP contribution in [0.25, 0.3) is 0 Å². The SMILES string of the molecule is CC(C)(C)OC(=O)N1CCN(c2nc(OC[C@@H]3CCCN3)nc3c2CCC2(CCCc4ccc(O)cc42)C3)C[C@@H]1CC#N. The zero-order valence-electron chi connectivity index (χ0n) is 25.7. The molecule has 3 atom stereocenters. The molecular weight excluding hydrogens is 544 g/mol. The Labute approximate surface area is 254 Å². The van der Waals surface area contributed by atoms with E-state index >= 15 is 0 Å². The maximum atomic E-state index is 13.0. The molecule has 10 nitrogen and oxygen atoms in total. The molecule has 4 aliphatic rings. The second-order valence-corrected chi connectivity index (χ2v) is 13.6. The largest absolute Gasteiger partial charge is 0.508 e. The Morgan fingerprint density at radius 2 is 2.07 bits per heavy atom. The molecule has 2 aromatic rings. The van der Waals surface area contributed by atoms with E-state index in [9.17, 15) is 15.2 Å². The molecule has 2 N–H and O–H groups in total. The number of amides is 1. The second-order valence-electron chi connectivity index (χ2n) is 13.6. The third-order valence-corrected chi connectivity index (χ3v) is 9.49. The van der Waals surface area contributed by atoms with E-state index in [4.69, 9.17) is 19.4 Å². The van der Waals surface area contributed by atoms with Crippen LogP contribution in [-0.4, -0.2) is 76.5 Å². The number of rotatable bonds is 5. The maximum absolute atomic E-state index is 13.0.